The van der Waals surface area contributed by atoms with Crippen LogP contribution in [0.4, 0.5) is 0 Å². The van der Waals surface area contributed by atoms with Crippen LogP contribution in [0, 0.1) is 41.4 Å². The molecule has 0 spiro atoms. The third-order valence-electron chi connectivity index (χ3n) is 11.0. The fourth-order valence-electron chi connectivity index (χ4n) is 7.55. The highest BCUT2D eigenvalue weighted by Crippen LogP contribution is 2.44. The van der Waals surface area contributed by atoms with Gasteiger partial charge in [-0.1, -0.05) is 112 Å². The maximum atomic E-state index is 14.1. The minimum atomic E-state index is -0.635. The number of amides is 3. The van der Waals surface area contributed by atoms with Gasteiger partial charge in [0.1, 0.15) is 5.76 Å². The number of aliphatic hydroxyl groups excluding tert-OH is 1. The van der Waals surface area contributed by atoms with Gasteiger partial charge in [0.25, 0.3) is 0 Å². The Morgan fingerprint density at radius 1 is 0.978 bits per heavy atom. The van der Waals surface area contributed by atoms with Crippen LogP contribution in [-0.2, 0) is 14.4 Å². The van der Waals surface area contributed by atoms with E-state index in [4.69, 9.17) is 0 Å². The van der Waals surface area contributed by atoms with Gasteiger partial charge in [-0.3, -0.25) is 14.4 Å². The van der Waals surface area contributed by atoms with E-state index in [0.717, 1.165) is 44.1 Å². The lowest BCUT2D eigenvalue weighted by molar-refractivity contribution is -0.142. The highest BCUT2D eigenvalue weighted by molar-refractivity contribution is 5.81. The van der Waals surface area contributed by atoms with E-state index >= 15 is 0 Å². The second-order valence-electron chi connectivity index (χ2n) is 14.3. The molecule has 0 aromatic heterocycles. The molecule has 0 bridgehead atoms. The molecular weight excluding hydrogens is 562 g/mol. The predicted octanol–water partition coefficient (Wildman–Crippen LogP) is 7.47. The molecular formula is C38H63N3O4. The van der Waals surface area contributed by atoms with Crippen molar-refractivity contribution in [1.82, 2.24) is 15.1 Å². The third-order valence-corrected chi connectivity index (χ3v) is 11.0. The first-order valence-electron chi connectivity index (χ1n) is 17.4. The van der Waals surface area contributed by atoms with E-state index in [1.54, 1.807) is 12.2 Å². The van der Waals surface area contributed by atoms with Gasteiger partial charge >= 0.3 is 0 Å². The number of aliphatic hydroxyl groups is 1. The molecule has 254 valence electrons. The first-order valence-corrected chi connectivity index (χ1v) is 17.4. The summed E-state index contributed by atoms with van der Waals surface area (Å²) in [6.45, 7) is 26.5. The van der Waals surface area contributed by atoms with Crippen LogP contribution in [0.5, 0.6) is 0 Å². The molecule has 8 atom stereocenters. The number of rotatable bonds is 18. The first kappa shape index (κ1) is 38.4. The number of carbonyl (C=O) groups is 3. The van der Waals surface area contributed by atoms with Crippen LogP contribution in [0.3, 0.4) is 0 Å². The second-order valence-corrected chi connectivity index (χ2v) is 14.3. The minimum absolute atomic E-state index is 0.00157. The van der Waals surface area contributed by atoms with Crippen LogP contribution in [0.15, 0.2) is 49.3 Å². The molecule has 3 unspecified atom stereocenters. The number of carbonyl (C=O) groups excluding carboxylic acids is 3. The van der Waals surface area contributed by atoms with Gasteiger partial charge in [0.05, 0.1) is 6.04 Å². The number of allylic oxidation sites excluding steroid dienone is 3. The molecule has 0 aromatic carbocycles. The predicted molar refractivity (Wildman–Crippen MR) is 185 cm³/mol. The zero-order valence-electron chi connectivity index (χ0n) is 29.6. The summed E-state index contributed by atoms with van der Waals surface area (Å²) in [5, 5.41) is 13.4. The average molecular weight is 626 g/mol. The van der Waals surface area contributed by atoms with E-state index in [9.17, 15) is 19.5 Å². The zero-order chi connectivity index (χ0) is 34.0. The largest absolute Gasteiger partial charge is 0.511 e. The molecule has 2 aliphatic rings. The third kappa shape index (κ3) is 9.83. The molecule has 1 aliphatic carbocycles. The summed E-state index contributed by atoms with van der Waals surface area (Å²) in [5.74, 6) is 0.573. The van der Waals surface area contributed by atoms with Gasteiger partial charge in [0, 0.05) is 43.9 Å². The molecule has 2 N–H and O–H groups in total. The molecule has 3 amide bonds. The summed E-state index contributed by atoms with van der Waals surface area (Å²) in [4.78, 5) is 45.2. The minimum Gasteiger partial charge on any atom is -0.511 e. The summed E-state index contributed by atoms with van der Waals surface area (Å²) >= 11 is 0. The maximum Gasteiger partial charge on any atom is 0.225 e. The van der Waals surface area contributed by atoms with Gasteiger partial charge in [-0.2, -0.15) is 0 Å². The van der Waals surface area contributed by atoms with Crippen molar-refractivity contribution in [3.8, 4) is 0 Å². The summed E-state index contributed by atoms with van der Waals surface area (Å²) in [6.07, 6.45) is 11.9. The molecule has 1 saturated carbocycles. The van der Waals surface area contributed by atoms with E-state index in [-0.39, 0.29) is 71.1 Å². The van der Waals surface area contributed by atoms with Crippen molar-refractivity contribution >= 4 is 17.7 Å². The van der Waals surface area contributed by atoms with Crippen molar-refractivity contribution in [3.63, 3.8) is 0 Å². The number of nitrogens with zero attached hydrogens (tertiary/aromatic N) is 2. The fraction of sp³-hybridized carbons (Fsp3) is 0.711. The van der Waals surface area contributed by atoms with E-state index < -0.39 is 6.04 Å². The van der Waals surface area contributed by atoms with E-state index in [1.165, 1.54) is 0 Å². The Balaban J connectivity index is 2.26. The van der Waals surface area contributed by atoms with Crippen molar-refractivity contribution in [2.75, 3.05) is 13.6 Å². The Morgan fingerprint density at radius 2 is 1.62 bits per heavy atom. The van der Waals surface area contributed by atoms with Gasteiger partial charge in [-0.25, -0.2) is 0 Å². The van der Waals surface area contributed by atoms with E-state index in [0.29, 0.717) is 25.3 Å². The molecule has 2 rings (SSSR count). The van der Waals surface area contributed by atoms with Gasteiger partial charge in [0.2, 0.25) is 17.7 Å². The monoisotopic (exact) mass is 625 g/mol. The molecule has 45 heavy (non-hydrogen) atoms. The Labute approximate surface area is 274 Å². The number of hydrogen-bond acceptors (Lipinski definition) is 4. The summed E-state index contributed by atoms with van der Waals surface area (Å²) in [7, 11) is 1.91. The molecule has 1 aliphatic heterocycles. The van der Waals surface area contributed by atoms with Gasteiger partial charge in [-0.05, 0) is 54.4 Å². The summed E-state index contributed by atoms with van der Waals surface area (Å²) in [5.41, 5.74) is 0.845. The van der Waals surface area contributed by atoms with Gasteiger partial charge in [0.15, 0.2) is 0 Å². The van der Waals surface area contributed by atoms with Gasteiger partial charge < -0.3 is 20.2 Å². The van der Waals surface area contributed by atoms with Gasteiger partial charge in [-0.15, -0.1) is 0 Å². The van der Waals surface area contributed by atoms with Crippen LogP contribution in [-0.4, -0.2) is 64.3 Å². The van der Waals surface area contributed by atoms with Crippen LogP contribution in [0.2, 0.25) is 0 Å². The quantitative estimate of drug-likeness (QED) is 0.122. The van der Waals surface area contributed by atoms with Crippen LogP contribution < -0.4 is 5.32 Å². The Morgan fingerprint density at radius 3 is 2.11 bits per heavy atom. The topological polar surface area (TPSA) is 90.0 Å². The van der Waals surface area contributed by atoms with E-state index in [1.807, 2.05) is 31.9 Å². The lowest BCUT2D eigenvalue weighted by Gasteiger charge is -2.44. The number of hydrogen-bond donors (Lipinski definition) is 2. The SMILES string of the molecule is C=C/C=C(\C=C)C[C@H](NC(=O)C(C)C(C1CCC1)[C@@H]1CCCN1C(=O)CC(C)[C@H]([C@@H](C)CC)N(C)C(=O)[C@@H](C)C(C)C)C(=C)O. The van der Waals surface area contributed by atoms with Crippen molar-refractivity contribution < 1.29 is 19.5 Å². The van der Waals surface area contributed by atoms with Crippen molar-refractivity contribution in [3.05, 3.63) is 49.3 Å². The second kappa shape index (κ2) is 17.8. The average Bonchev–Trinajstić information content (AvgIpc) is 3.46. The molecule has 1 heterocycles. The van der Waals surface area contributed by atoms with Crippen molar-refractivity contribution in [1.29, 1.82) is 0 Å². The molecule has 7 heteroatoms. The van der Waals surface area contributed by atoms with Crippen LogP contribution >= 0.6 is 0 Å². The normalized spacial score (nSPS) is 21.9. The van der Waals surface area contributed by atoms with Crippen molar-refractivity contribution in [2.24, 2.45) is 41.4 Å². The molecule has 1 saturated heterocycles. The highest BCUT2D eigenvalue weighted by atomic mass is 16.3. The zero-order valence-corrected chi connectivity index (χ0v) is 29.6. The fourth-order valence-corrected chi connectivity index (χ4v) is 7.55. The Bertz CT molecular complexity index is 1080. The summed E-state index contributed by atoms with van der Waals surface area (Å²) in [6, 6.07) is -0.665. The number of likely N-dealkylation sites (tertiary alicyclic amines) is 1. The lowest BCUT2D eigenvalue weighted by atomic mass is 9.67. The molecule has 0 radical (unpaired) electrons. The Hall–Kier alpha value is -2.83. The molecule has 0 aromatic rings. The first-order chi connectivity index (χ1) is 21.2. The number of nitrogens with one attached hydrogen (secondary N) is 1. The highest BCUT2D eigenvalue weighted by Gasteiger charge is 2.45. The van der Waals surface area contributed by atoms with Crippen molar-refractivity contribution in [2.45, 2.75) is 118 Å². The standard InChI is InChI=1S/C38H63N3O4/c1-12-17-30(14-3)23-32(29(10)42)39-37(44)28(9)35(31-18-15-19-31)33-20-16-21-41(33)34(43)22-26(7)36(25(6)13-2)40(11)38(45)27(8)24(4)5/h12,14,17,24-28,31-33,35-36,42H,1,3,10,13,15-16,18-23H2,2,4-9,11H3,(H,39,44)/b30-17+/t25-,26?,27-,28?,32-,33-,35?,36-/m0/s1. The van der Waals surface area contributed by atoms with E-state index in [2.05, 4.69) is 64.6 Å². The van der Waals surface area contributed by atoms with Crippen LogP contribution in [0.1, 0.15) is 99.8 Å². The molecule has 7 nitrogen and oxygen atoms in total. The van der Waals surface area contributed by atoms with Crippen LogP contribution in [0.25, 0.3) is 0 Å². The Kier molecular flexibility index (Phi) is 15.1. The lowest BCUT2D eigenvalue weighted by Crippen LogP contribution is -2.52. The smallest absolute Gasteiger partial charge is 0.225 e. The molecule has 2 fully saturated rings. The summed E-state index contributed by atoms with van der Waals surface area (Å²) < 4.78 is 0. The maximum absolute atomic E-state index is 14.1.